The van der Waals surface area contributed by atoms with Crippen molar-refractivity contribution >= 4 is 17.1 Å². The fourth-order valence-corrected chi connectivity index (χ4v) is 2.78. The fourth-order valence-electron chi connectivity index (χ4n) is 2.78. The Morgan fingerprint density at radius 2 is 2.35 bits per heavy atom. The number of aliphatic hydroxyl groups excluding tert-OH is 1. The summed E-state index contributed by atoms with van der Waals surface area (Å²) in [5.74, 6) is 0.419. The first-order valence-electron chi connectivity index (χ1n) is 7.04. The first-order chi connectivity index (χ1) is 9.67. The maximum Gasteiger partial charge on any atom is 0.315 e. The number of nitro benzene ring substituents is 1. The Hall–Kier alpha value is -1.82. The van der Waals surface area contributed by atoms with Crippen LogP contribution < -0.4 is 10.2 Å². The molecule has 1 fully saturated rings. The highest BCUT2D eigenvalue weighted by Crippen LogP contribution is 2.38. The topological polar surface area (TPSA) is 78.6 Å². The Kier molecular flexibility index (Phi) is 4.79. The molecule has 2 N–H and O–H groups in total. The molecule has 20 heavy (non-hydrogen) atoms. The lowest BCUT2D eigenvalue weighted by molar-refractivity contribution is -0.383. The van der Waals surface area contributed by atoms with Crippen molar-refractivity contribution in [3.8, 4) is 0 Å². The molecular weight excluding hydrogens is 258 g/mol. The number of rotatable bonds is 6. The Bertz CT molecular complexity index is 479. The van der Waals surface area contributed by atoms with Gasteiger partial charge >= 0.3 is 5.69 Å². The zero-order valence-electron chi connectivity index (χ0n) is 11.7. The van der Waals surface area contributed by atoms with E-state index in [0.717, 1.165) is 25.9 Å². The van der Waals surface area contributed by atoms with E-state index in [-0.39, 0.29) is 17.2 Å². The second-order valence-electron chi connectivity index (χ2n) is 5.07. The smallest absolute Gasteiger partial charge is 0.315 e. The number of nitrogens with zero attached hydrogens (tertiary/aromatic N) is 2. The third kappa shape index (κ3) is 3.01. The molecule has 0 radical (unpaired) electrons. The van der Waals surface area contributed by atoms with Gasteiger partial charge in [0.1, 0.15) is 11.4 Å². The van der Waals surface area contributed by atoms with Crippen LogP contribution in [0.5, 0.6) is 0 Å². The van der Waals surface area contributed by atoms with E-state index in [0.29, 0.717) is 23.8 Å². The van der Waals surface area contributed by atoms with Crippen LogP contribution in [0.2, 0.25) is 0 Å². The van der Waals surface area contributed by atoms with Gasteiger partial charge in [0, 0.05) is 26.2 Å². The monoisotopic (exact) mass is 279 g/mol. The molecule has 1 atom stereocenters. The van der Waals surface area contributed by atoms with Crippen molar-refractivity contribution in [3.63, 3.8) is 0 Å². The second kappa shape index (κ2) is 6.56. The van der Waals surface area contributed by atoms with Crippen LogP contribution in [0.3, 0.4) is 0 Å². The molecule has 0 bridgehead atoms. The van der Waals surface area contributed by atoms with Crippen molar-refractivity contribution in [2.75, 3.05) is 36.5 Å². The number of nitrogens with one attached hydrogen (secondary N) is 1. The standard InChI is InChI=1S/C14H21N3O3/c1-2-15-12-4-3-5-13(14(12)17(19)20)16-8-6-11(10-16)7-9-18/h3-5,11,15,18H,2,6-10H2,1H3. The largest absolute Gasteiger partial charge is 0.396 e. The predicted octanol–water partition coefficient (Wildman–Crippen LogP) is 2.24. The SMILES string of the molecule is CCNc1cccc(N2CCC(CCO)C2)c1[N+](=O)[O-]. The van der Waals surface area contributed by atoms with Gasteiger partial charge in [-0.2, -0.15) is 0 Å². The average Bonchev–Trinajstić information content (AvgIpc) is 2.87. The molecule has 6 heteroatoms. The van der Waals surface area contributed by atoms with Crippen molar-refractivity contribution in [1.29, 1.82) is 0 Å². The Morgan fingerprint density at radius 3 is 3.00 bits per heavy atom. The van der Waals surface area contributed by atoms with Crippen molar-refractivity contribution in [2.24, 2.45) is 5.92 Å². The van der Waals surface area contributed by atoms with E-state index in [4.69, 9.17) is 5.11 Å². The minimum absolute atomic E-state index is 0.152. The summed E-state index contributed by atoms with van der Waals surface area (Å²) < 4.78 is 0. The minimum Gasteiger partial charge on any atom is -0.396 e. The lowest BCUT2D eigenvalue weighted by Crippen LogP contribution is -2.21. The molecule has 0 amide bonds. The van der Waals surface area contributed by atoms with Gasteiger partial charge in [-0.1, -0.05) is 6.07 Å². The fraction of sp³-hybridized carbons (Fsp3) is 0.571. The Labute approximate surface area is 118 Å². The van der Waals surface area contributed by atoms with E-state index in [1.54, 1.807) is 12.1 Å². The second-order valence-corrected chi connectivity index (χ2v) is 5.07. The van der Waals surface area contributed by atoms with Gasteiger partial charge in [-0.25, -0.2) is 0 Å². The Balaban J connectivity index is 2.27. The van der Waals surface area contributed by atoms with Crippen LogP contribution >= 0.6 is 0 Å². The molecule has 0 aromatic heterocycles. The van der Waals surface area contributed by atoms with Gasteiger partial charge in [0.05, 0.1) is 4.92 Å². The predicted molar refractivity (Wildman–Crippen MR) is 79.3 cm³/mol. The normalized spacial score (nSPS) is 18.3. The van der Waals surface area contributed by atoms with Crippen molar-refractivity contribution < 1.29 is 10.0 Å². The molecule has 1 unspecified atom stereocenters. The molecule has 1 aliphatic heterocycles. The maximum absolute atomic E-state index is 11.4. The zero-order valence-corrected chi connectivity index (χ0v) is 11.7. The summed E-state index contributed by atoms with van der Waals surface area (Å²) in [6.07, 6.45) is 1.74. The van der Waals surface area contributed by atoms with Crippen LogP contribution in [0.4, 0.5) is 17.1 Å². The lowest BCUT2D eigenvalue weighted by Gasteiger charge is -2.20. The molecule has 0 aliphatic carbocycles. The molecule has 0 saturated carbocycles. The van der Waals surface area contributed by atoms with Crippen LogP contribution in [0.25, 0.3) is 0 Å². The first-order valence-corrected chi connectivity index (χ1v) is 7.04. The summed E-state index contributed by atoms with van der Waals surface area (Å²) >= 11 is 0. The molecule has 2 rings (SSSR count). The van der Waals surface area contributed by atoms with Gasteiger partial charge in [0.2, 0.25) is 0 Å². The van der Waals surface area contributed by atoms with Crippen LogP contribution in [0.15, 0.2) is 18.2 Å². The Morgan fingerprint density at radius 1 is 1.55 bits per heavy atom. The molecule has 6 nitrogen and oxygen atoms in total. The van der Waals surface area contributed by atoms with Gasteiger partial charge in [-0.3, -0.25) is 10.1 Å². The van der Waals surface area contributed by atoms with Gasteiger partial charge in [0.15, 0.2) is 0 Å². The number of para-hydroxylation sites is 1. The molecule has 1 heterocycles. The van der Waals surface area contributed by atoms with E-state index in [1.807, 2.05) is 13.0 Å². The van der Waals surface area contributed by atoms with Crippen molar-refractivity contribution in [1.82, 2.24) is 0 Å². The summed E-state index contributed by atoms with van der Waals surface area (Å²) in [6.45, 7) is 4.33. The zero-order chi connectivity index (χ0) is 14.5. The highest BCUT2D eigenvalue weighted by atomic mass is 16.6. The van der Waals surface area contributed by atoms with E-state index in [2.05, 4.69) is 10.2 Å². The van der Waals surface area contributed by atoms with Gasteiger partial charge in [-0.15, -0.1) is 0 Å². The maximum atomic E-state index is 11.4. The highest BCUT2D eigenvalue weighted by molar-refractivity contribution is 5.77. The number of benzene rings is 1. The third-order valence-electron chi connectivity index (χ3n) is 3.73. The van der Waals surface area contributed by atoms with Crippen LogP contribution in [0, 0.1) is 16.0 Å². The molecular formula is C14H21N3O3. The number of aliphatic hydroxyl groups is 1. The van der Waals surface area contributed by atoms with Crippen LogP contribution in [0.1, 0.15) is 19.8 Å². The number of hydrogen-bond acceptors (Lipinski definition) is 5. The van der Waals surface area contributed by atoms with Gasteiger partial charge in [-0.05, 0) is 37.8 Å². The minimum atomic E-state index is -0.313. The van der Waals surface area contributed by atoms with E-state index in [1.165, 1.54) is 0 Å². The number of nitro groups is 1. The highest BCUT2D eigenvalue weighted by Gasteiger charge is 2.29. The van der Waals surface area contributed by atoms with Gasteiger partial charge < -0.3 is 15.3 Å². The van der Waals surface area contributed by atoms with E-state index in [9.17, 15) is 10.1 Å². The molecule has 1 aromatic carbocycles. The number of hydrogen-bond donors (Lipinski definition) is 2. The summed E-state index contributed by atoms with van der Waals surface area (Å²) in [5.41, 5.74) is 1.40. The van der Waals surface area contributed by atoms with E-state index >= 15 is 0 Å². The molecule has 110 valence electrons. The quantitative estimate of drug-likeness (QED) is 0.616. The molecule has 1 saturated heterocycles. The summed E-state index contributed by atoms with van der Waals surface area (Å²) in [5, 5.41) is 23.4. The van der Waals surface area contributed by atoms with Crippen molar-refractivity contribution in [2.45, 2.75) is 19.8 Å². The molecule has 0 spiro atoms. The van der Waals surface area contributed by atoms with E-state index < -0.39 is 0 Å². The summed E-state index contributed by atoms with van der Waals surface area (Å²) in [7, 11) is 0. The van der Waals surface area contributed by atoms with Crippen LogP contribution in [-0.4, -0.2) is 36.3 Å². The van der Waals surface area contributed by atoms with Crippen LogP contribution in [-0.2, 0) is 0 Å². The summed E-state index contributed by atoms with van der Waals surface area (Å²) in [4.78, 5) is 13.1. The van der Waals surface area contributed by atoms with Crippen molar-refractivity contribution in [3.05, 3.63) is 28.3 Å². The third-order valence-corrected chi connectivity index (χ3v) is 3.73. The lowest BCUT2D eigenvalue weighted by atomic mass is 10.1. The number of anilines is 2. The molecule has 1 aromatic rings. The molecule has 1 aliphatic rings. The van der Waals surface area contributed by atoms with Gasteiger partial charge in [0.25, 0.3) is 0 Å². The average molecular weight is 279 g/mol. The first kappa shape index (κ1) is 14.6. The summed E-state index contributed by atoms with van der Waals surface area (Å²) in [6, 6.07) is 5.40.